The molecule has 2 aromatic carbocycles. The minimum atomic E-state index is -0.551. The van der Waals surface area contributed by atoms with Gasteiger partial charge in [-0.15, -0.1) is 0 Å². The van der Waals surface area contributed by atoms with E-state index in [1.54, 1.807) is 29.0 Å². The molecule has 0 unspecified atom stereocenters. The van der Waals surface area contributed by atoms with Gasteiger partial charge in [-0.05, 0) is 106 Å². The van der Waals surface area contributed by atoms with Crippen LogP contribution in [0.5, 0.6) is 5.75 Å². The smallest absolute Gasteiger partial charge is 0.410 e. The first-order valence-electron chi connectivity index (χ1n) is 14.0. The van der Waals surface area contributed by atoms with Crippen LogP contribution in [0, 0.1) is 11.2 Å². The third-order valence-corrected chi connectivity index (χ3v) is 7.67. The van der Waals surface area contributed by atoms with Crippen LogP contribution in [-0.4, -0.2) is 67.5 Å². The number of carbonyl (C=O) groups excluding carboxylic acids is 2. The fraction of sp³-hybridized carbons (Fsp3) is 0.500. The molecule has 216 valence electrons. The van der Waals surface area contributed by atoms with Crippen molar-refractivity contribution < 1.29 is 28.2 Å². The fourth-order valence-corrected chi connectivity index (χ4v) is 5.59. The molecule has 0 radical (unpaired) electrons. The average molecular weight is 553 g/mol. The first-order chi connectivity index (χ1) is 19.0. The number of piperidine rings is 1. The standard InChI is InChI=1S/C32H41FN2O5/c1-7-34(8-2)29(36)22-10-12-25(28(17-22)39-21-38-6)27-20-32(19-23-9-11-24(33)18-26(23)27)13-15-35(16-14-32)30(37)40-31(3,4)5/h9-12,17-18,20H,7-8,13-16,19,21H2,1-6H3. The van der Waals surface area contributed by atoms with E-state index in [9.17, 15) is 14.0 Å². The van der Waals surface area contributed by atoms with Gasteiger partial charge < -0.3 is 24.0 Å². The third kappa shape index (κ3) is 6.49. The number of nitrogens with zero attached hydrogens (tertiary/aromatic N) is 2. The molecular formula is C32H41FN2O5. The number of amides is 2. The number of ether oxygens (including phenoxy) is 3. The van der Waals surface area contributed by atoms with E-state index in [2.05, 4.69) is 6.08 Å². The zero-order valence-electron chi connectivity index (χ0n) is 24.5. The zero-order chi connectivity index (χ0) is 29.1. The Morgan fingerprint density at radius 3 is 2.35 bits per heavy atom. The Morgan fingerprint density at radius 1 is 1.02 bits per heavy atom. The molecule has 1 fully saturated rings. The van der Waals surface area contributed by atoms with Crippen molar-refractivity contribution in [2.24, 2.45) is 5.41 Å². The van der Waals surface area contributed by atoms with Gasteiger partial charge in [0.2, 0.25) is 0 Å². The lowest BCUT2D eigenvalue weighted by atomic mass is 9.67. The molecule has 0 bridgehead atoms. The second kappa shape index (κ2) is 12.0. The molecule has 2 aromatic rings. The summed E-state index contributed by atoms with van der Waals surface area (Å²) in [5.74, 6) is 0.117. The van der Waals surface area contributed by atoms with Crippen LogP contribution >= 0.6 is 0 Å². The molecule has 0 N–H and O–H groups in total. The van der Waals surface area contributed by atoms with Gasteiger partial charge >= 0.3 is 6.09 Å². The number of benzene rings is 2. The Hall–Kier alpha value is -3.39. The molecule has 2 aliphatic rings. The van der Waals surface area contributed by atoms with Gasteiger partial charge in [0.15, 0.2) is 6.79 Å². The minimum absolute atomic E-state index is 0.00912. The van der Waals surface area contributed by atoms with Crippen LogP contribution < -0.4 is 4.74 Å². The average Bonchev–Trinajstić information content (AvgIpc) is 2.91. The summed E-state index contributed by atoms with van der Waals surface area (Å²) in [4.78, 5) is 29.4. The van der Waals surface area contributed by atoms with E-state index in [0.29, 0.717) is 37.5 Å². The summed E-state index contributed by atoms with van der Waals surface area (Å²) >= 11 is 0. The highest BCUT2D eigenvalue weighted by atomic mass is 19.1. The number of halogens is 1. The second-order valence-electron chi connectivity index (χ2n) is 11.6. The molecule has 8 heteroatoms. The lowest BCUT2D eigenvalue weighted by Gasteiger charge is -2.43. The molecule has 0 aromatic heterocycles. The number of hydrogen-bond acceptors (Lipinski definition) is 5. The van der Waals surface area contributed by atoms with Crippen LogP contribution in [-0.2, 0) is 15.9 Å². The van der Waals surface area contributed by atoms with Gasteiger partial charge in [0.25, 0.3) is 5.91 Å². The van der Waals surface area contributed by atoms with Gasteiger partial charge in [0.05, 0.1) is 0 Å². The lowest BCUT2D eigenvalue weighted by Crippen LogP contribution is -2.46. The molecule has 1 aliphatic heterocycles. The summed E-state index contributed by atoms with van der Waals surface area (Å²) < 4.78 is 31.3. The summed E-state index contributed by atoms with van der Waals surface area (Å²) in [6, 6.07) is 10.4. The number of methoxy groups -OCH3 is 1. The molecule has 1 aliphatic carbocycles. The minimum Gasteiger partial charge on any atom is -0.467 e. The van der Waals surface area contributed by atoms with Gasteiger partial charge in [-0.3, -0.25) is 4.79 Å². The van der Waals surface area contributed by atoms with E-state index < -0.39 is 5.60 Å². The highest BCUT2D eigenvalue weighted by molar-refractivity contribution is 5.96. The fourth-order valence-electron chi connectivity index (χ4n) is 5.59. The summed E-state index contributed by atoms with van der Waals surface area (Å²) in [6.45, 7) is 11.9. The van der Waals surface area contributed by atoms with Gasteiger partial charge in [0, 0.05) is 44.4 Å². The Balaban J connectivity index is 1.74. The molecule has 40 heavy (non-hydrogen) atoms. The maximum absolute atomic E-state index is 14.5. The predicted octanol–water partition coefficient (Wildman–Crippen LogP) is 6.30. The van der Waals surface area contributed by atoms with Crippen LogP contribution in [0.25, 0.3) is 5.57 Å². The van der Waals surface area contributed by atoms with Crippen LogP contribution in [0.3, 0.4) is 0 Å². The van der Waals surface area contributed by atoms with E-state index in [4.69, 9.17) is 14.2 Å². The van der Waals surface area contributed by atoms with Gasteiger partial charge in [-0.2, -0.15) is 0 Å². The lowest BCUT2D eigenvalue weighted by molar-refractivity contribution is 0.0143. The van der Waals surface area contributed by atoms with E-state index in [1.165, 1.54) is 6.07 Å². The molecule has 0 saturated carbocycles. The predicted molar refractivity (Wildman–Crippen MR) is 153 cm³/mol. The van der Waals surface area contributed by atoms with Crippen molar-refractivity contribution in [2.45, 2.75) is 59.5 Å². The molecule has 0 atom stereocenters. The van der Waals surface area contributed by atoms with Crippen molar-refractivity contribution in [3.63, 3.8) is 0 Å². The SMILES string of the molecule is CCN(CC)C(=O)c1ccc(C2=CC3(CCN(C(=O)OC(C)(C)C)CC3)Cc3ccc(F)cc32)c(OCOC)c1. The molecule has 1 spiro atoms. The summed E-state index contributed by atoms with van der Waals surface area (Å²) in [7, 11) is 1.54. The van der Waals surface area contributed by atoms with Crippen molar-refractivity contribution in [3.8, 4) is 5.75 Å². The zero-order valence-corrected chi connectivity index (χ0v) is 24.5. The van der Waals surface area contributed by atoms with Crippen molar-refractivity contribution in [1.82, 2.24) is 9.80 Å². The maximum Gasteiger partial charge on any atom is 0.410 e. The normalized spacial score (nSPS) is 16.3. The summed E-state index contributed by atoms with van der Waals surface area (Å²) in [5, 5.41) is 0. The number of hydrogen-bond donors (Lipinski definition) is 0. The molecule has 1 saturated heterocycles. The van der Waals surface area contributed by atoms with Crippen LogP contribution in [0.1, 0.15) is 74.5 Å². The Labute approximate surface area is 236 Å². The van der Waals surface area contributed by atoms with Crippen molar-refractivity contribution in [1.29, 1.82) is 0 Å². The van der Waals surface area contributed by atoms with E-state index >= 15 is 0 Å². The molecular weight excluding hydrogens is 511 g/mol. The van der Waals surface area contributed by atoms with Crippen molar-refractivity contribution >= 4 is 17.6 Å². The Bertz CT molecular complexity index is 1270. The number of carbonyl (C=O) groups is 2. The van der Waals surface area contributed by atoms with Gasteiger partial charge in [-0.25, -0.2) is 9.18 Å². The van der Waals surface area contributed by atoms with E-state index in [1.807, 2.05) is 52.8 Å². The molecule has 1 heterocycles. The third-order valence-electron chi connectivity index (χ3n) is 7.67. The van der Waals surface area contributed by atoms with E-state index in [0.717, 1.165) is 41.5 Å². The largest absolute Gasteiger partial charge is 0.467 e. The first kappa shape index (κ1) is 29.6. The highest BCUT2D eigenvalue weighted by Crippen LogP contribution is 2.47. The summed E-state index contributed by atoms with van der Waals surface area (Å²) in [6.07, 6.45) is 4.18. The Morgan fingerprint density at radius 2 is 1.73 bits per heavy atom. The van der Waals surface area contributed by atoms with E-state index in [-0.39, 0.29) is 30.0 Å². The summed E-state index contributed by atoms with van der Waals surface area (Å²) in [5.41, 5.74) is 3.25. The van der Waals surface area contributed by atoms with Crippen molar-refractivity contribution in [3.05, 3.63) is 70.5 Å². The number of fused-ring (bicyclic) bond motifs is 1. The molecule has 7 nitrogen and oxygen atoms in total. The maximum atomic E-state index is 14.5. The topological polar surface area (TPSA) is 68.3 Å². The molecule has 4 rings (SSSR count). The van der Waals surface area contributed by atoms with Crippen LogP contribution in [0.4, 0.5) is 9.18 Å². The quantitative estimate of drug-likeness (QED) is 0.378. The van der Waals surface area contributed by atoms with Gasteiger partial charge in [-0.1, -0.05) is 12.1 Å². The number of rotatable bonds is 7. The van der Waals surface area contributed by atoms with Crippen molar-refractivity contribution in [2.75, 3.05) is 40.1 Å². The second-order valence-corrected chi connectivity index (χ2v) is 11.6. The Kier molecular flexibility index (Phi) is 8.88. The van der Waals surface area contributed by atoms with Crippen LogP contribution in [0.15, 0.2) is 42.5 Å². The van der Waals surface area contributed by atoms with Crippen LogP contribution in [0.2, 0.25) is 0 Å². The monoisotopic (exact) mass is 552 g/mol. The number of allylic oxidation sites excluding steroid dienone is 1. The highest BCUT2D eigenvalue weighted by Gasteiger charge is 2.39. The first-order valence-corrected chi connectivity index (χ1v) is 14.0. The number of likely N-dealkylation sites (tertiary alicyclic amines) is 1. The van der Waals surface area contributed by atoms with Gasteiger partial charge in [0.1, 0.15) is 17.2 Å². The molecule has 2 amide bonds.